The number of hydrogen-bond acceptors (Lipinski definition) is 4. The highest BCUT2D eigenvalue weighted by atomic mass is 32.2. The molecule has 96 valence electrons. The van der Waals surface area contributed by atoms with Crippen LogP contribution in [0.1, 0.15) is 0 Å². The van der Waals surface area contributed by atoms with Crippen LogP contribution in [0.2, 0.25) is 0 Å². The van der Waals surface area contributed by atoms with Crippen LogP contribution in [-0.2, 0) is 10.0 Å². The Balaban J connectivity index is 2.83. The highest BCUT2D eigenvalue weighted by Gasteiger charge is 2.30. The van der Waals surface area contributed by atoms with Gasteiger partial charge in [0, 0.05) is 5.69 Å². The molecule has 0 aromatic heterocycles. The molecule has 0 saturated carbocycles. The Labute approximate surface area is 97.3 Å². The molecule has 0 amide bonds. The van der Waals surface area contributed by atoms with Crippen molar-refractivity contribution in [2.75, 3.05) is 18.9 Å². The lowest BCUT2D eigenvalue weighted by atomic mass is 10.3. The molecule has 0 spiro atoms. The van der Waals surface area contributed by atoms with Crippen LogP contribution in [0.25, 0.3) is 0 Å². The van der Waals surface area contributed by atoms with Gasteiger partial charge in [-0.25, -0.2) is 21.9 Å². The van der Waals surface area contributed by atoms with Crippen LogP contribution in [0, 0.1) is 0 Å². The lowest BCUT2D eigenvalue weighted by Gasteiger charge is -2.14. The van der Waals surface area contributed by atoms with Crippen LogP contribution in [0.3, 0.4) is 0 Å². The van der Waals surface area contributed by atoms with Crippen molar-refractivity contribution in [3.63, 3.8) is 0 Å². The Morgan fingerprint density at radius 2 is 2.06 bits per heavy atom. The predicted molar refractivity (Wildman–Crippen MR) is 58.1 cm³/mol. The van der Waals surface area contributed by atoms with E-state index in [1.165, 1.54) is 18.2 Å². The van der Waals surface area contributed by atoms with E-state index in [1.54, 1.807) is 4.72 Å². The minimum absolute atomic E-state index is 0.203. The first kappa shape index (κ1) is 13.8. The molecule has 1 aromatic rings. The maximum Gasteiger partial charge on any atom is 0.283 e. The molecular weight excluding hydrogens is 254 g/mol. The molecule has 0 atom stereocenters. The molecular formula is C9H12F2N2O3S. The minimum Gasteiger partial charge on any atom is -0.399 e. The summed E-state index contributed by atoms with van der Waals surface area (Å²) in [5, 5.41) is 8.30. The molecule has 1 aromatic carbocycles. The lowest BCUT2D eigenvalue weighted by molar-refractivity contribution is -0.0437. The fourth-order valence-electron chi connectivity index (χ4n) is 1.02. The fourth-order valence-corrected chi connectivity index (χ4v) is 2.14. The molecule has 8 heteroatoms. The van der Waals surface area contributed by atoms with E-state index < -0.39 is 29.1 Å². The van der Waals surface area contributed by atoms with E-state index >= 15 is 0 Å². The Hall–Kier alpha value is -1.25. The van der Waals surface area contributed by atoms with Crippen LogP contribution in [0.5, 0.6) is 0 Å². The molecule has 0 bridgehead atoms. The molecule has 0 aliphatic heterocycles. The summed E-state index contributed by atoms with van der Waals surface area (Å²) < 4.78 is 50.2. The Kier molecular flexibility index (Phi) is 4.02. The number of nitrogens with two attached hydrogens (primary N) is 1. The van der Waals surface area contributed by atoms with Gasteiger partial charge in [-0.15, -0.1) is 0 Å². The summed E-state index contributed by atoms with van der Waals surface area (Å²) in [5.74, 6) is -3.49. The summed E-state index contributed by atoms with van der Waals surface area (Å²) in [5.41, 5.74) is 5.59. The van der Waals surface area contributed by atoms with Gasteiger partial charge in [0.05, 0.1) is 11.4 Å². The number of sulfonamides is 1. The zero-order chi connectivity index (χ0) is 13.1. The van der Waals surface area contributed by atoms with Crippen LogP contribution < -0.4 is 10.5 Å². The smallest absolute Gasteiger partial charge is 0.283 e. The number of hydrogen-bond donors (Lipinski definition) is 3. The molecule has 5 nitrogen and oxygen atoms in total. The van der Waals surface area contributed by atoms with E-state index in [0.717, 1.165) is 6.07 Å². The molecule has 17 heavy (non-hydrogen) atoms. The number of aliphatic hydroxyl groups is 1. The third-order valence-electron chi connectivity index (χ3n) is 1.92. The largest absolute Gasteiger partial charge is 0.399 e. The minimum atomic E-state index is -4.05. The van der Waals surface area contributed by atoms with Crippen LogP contribution in [0.15, 0.2) is 29.2 Å². The molecule has 0 aliphatic rings. The van der Waals surface area contributed by atoms with Crippen molar-refractivity contribution in [2.45, 2.75) is 10.8 Å². The van der Waals surface area contributed by atoms with Gasteiger partial charge in [0.15, 0.2) is 0 Å². The molecule has 0 aliphatic carbocycles. The molecule has 0 unspecified atom stereocenters. The maximum atomic E-state index is 12.7. The number of aliphatic hydroxyl groups excluding tert-OH is 1. The quantitative estimate of drug-likeness (QED) is 0.663. The zero-order valence-corrected chi connectivity index (χ0v) is 9.55. The third kappa shape index (κ3) is 3.91. The SMILES string of the molecule is Nc1cccc(S(=O)(=O)NCC(F)(F)CO)c1. The lowest BCUT2D eigenvalue weighted by Crippen LogP contribution is -2.38. The van der Waals surface area contributed by atoms with Crippen molar-refractivity contribution in [2.24, 2.45) is 0 Å². The van der Waals surface area contributed by atoms with Crippen LogP contribution >= 0.6 is 0 Å². The second kappa shape index (κ2) is 4.94. The van der Waals surface area contributed by atoms with Gasteiger partial charge in [-0.3, -0.25) is 0 Å². The second-order valence-electron chi connectivity index (χ2n) is 3.41. The molecule has 1 rings (SSSR count). The maximum absolute atomic E-state index is 12.7. The Morgan fingerprint density at radius 1 is 1.41 bits per heavy atom. The predicted octanol–water partition coefficient (Wildman–Crippen LogP) is 0.175. The van der Waals surface area contributed by atoms with E-state index in [0.29, 0.717) is 0 Å². The third-order valence-corrected chi connectivity index (χ3v) is 3.32. The van der Waals surface area contributed by atoms with E-state index in [4.69, 9.17) is 10.8 Å². The zero-order valence-electron chi connectivity index (χ0n) is 8.73. The normalized spacial score (nSPS) is 12.6. The first-order valence-electron chi connectivity index (χ1n) is 4.61. The average molecular weight is 266 g/mol. The first-order valence-corrected chi connectivity index (χ1v) is 6.09. The van der Waals surface area contributed by atoms with Gasteiger partial charge in [-0.2, -0.15) is 0 Å². The summed E-state index contributed by atoms with van der Waals surface area (Å²) in [4.78, 5) is -0.203. The summed E-state index contributed by atoms with van der Waals surface area (Å²) in [6.07, 6.45) is 0. The number of benzene rings is 1. The van der Waals surface area contributed by atoms with Gasteiger partial charge >= 0.3 is 0 Å². The van der Waals surface area contributed by atoms with Crippen molar-refractivity contribution in [3.8, 4) is 0 Å². The number of halogens is 2. The van der Waals surface area contributed by atoms with Gasteiger partial charge < -0.3 is 10.8 Å². The van der Waals surface area contributed by atoms with Gasteiger partial charge in [-0.05, 0) is 18.2 Å². The summed E-state index contributed by atoms with van der Waals surface area (Å²) >= 11 is 0. The molecule has 0 saturated heterocycles. The van der Waals surface area contributed by atoms with Crippen molar-refractivity contribution in [1.29, 1.82) is 0 Å². The van der Waals surface area contributed by atoms with Crippen molar-refractivity contribution >= 4 is 15.7 Å². The highest BCUT2D eigenvalue weighted by molar-refractivity contribution is 7.89. The monoisotopic (exact) mass is 266 g/mol. The number of alkyl halides is 2. The number of nitrogens with one attached hydrogen (secondary N) is 1. The Morgan fingerprint density at radius 3 is 2.59 bits per heavy atom. The number of anilines is 1. The summed E-state index contributed by atoms with van der Waals surface area (Å²) in [7, 11) is -4.05. The summed E-state index contributed by atoms with van der Waals surface area (Å²) in [6, 6.07) is 5.25. The van der Waals surface area contributed by atoms with E-state index in [1.807, 2.05) is 0 Å². The van der Waals surface area contributed by atoms with Gasteiger partial charge in [0.2, 0.25) is 10.0 Å². The highest BCUT2D eigenvalue weighted by Crippen LogP contribution is 2.15. The van der Waals surface area contributed by atoms with Gasteiger partial charge in [-0.1, -0.05) is 6.07 Å². The average Bonchev–Trinajstić information content (AvgIpc) is 2.27. The van der Waals surface area contributed by atoms with Gasteiger partial charge in [0.1, 0.15) is 6.61 Å². The number of rotatable bonds is 5. The molecule has 0 fully saturated rings. The van der Waals surface area contributed by atoms with Crippen molar-refractivity contribution < 1.29 is 22.3 Å². The van der Waals surface area contributed by atoms with Crippen LogP contribution in [0.4, 0.5) is 14.5 Å². The standard InChI is InChI=1S/C9H12F2N2O3S/c10-9(11,6-14)5-13-17(15,16)8-3-1-2-7(12)4-8/h1-4,13-14H,5-6,12H2. The molecule has 4 N–H and O–H groups in total. The summed E-state index contributed by atoms with van der Waals surface area (Å²) in [6.45, 7) is -2.59. The van der Waals surface area contributed by atoms with Crippen LogP contribution in [-0.4, -0.2) is 32.6 Å². The fraction of sp³-hybridized carbons (Fsp3) is 0.333. The second-order valence-corrected chi connectivity index (χ2v) is 5.18. The first-order chi connectivity index (χ1) is 7.77. The molecule has 0 heterocycles. The Bertz CT molecular complexity index is 491. The number of nitrogen functional groups attached to an aromatic ring is 1. The molecule has 0 radical (unpaired) electrons. The van der Waals surface area contributed by atoms with Gasteiger partial charge in [0.25, 0.3) is 5.92 Å². The van der Waals surface area contributed by atoms with E-state index in [9.17, 15) is 17.2 Å². The van der Waals surface area contributed by atoms with Crippen molar-refractivity contribution in [3.05, 3.63) is 24.3 Å². The van der Waals surface area contributed by atoms with E-state index in [-0.39, 0.29) is 10.6 Å². The van der Waals surface area contributed by atoms with E-state index in [2.05, 4.69) is 0 Å². The van der Waals surface area contributed by atoms with Crippen molar-refractivity contribution in [1.82, 2.24) is 4.72 Å². The topological polar surface area (TPSA) is 92.4 Å².